The summed E-state index contributed by atoms with van der Waals surface area (Å²) in [5.74, 6) is 0. The summed E-state index contributed by atoms with van der Waals surface area (Å²) < 4.78 is 16.0. The molecule has 0 atom stereocenters. The van der Waals surface area contributed by atoms with Gasteiger partial charge < -0.3 is 31.0 Å². The molecule has 0 heterocycles. The summed E-state index contributed by atoms with van der Waals surface area (Å²) >= 11 is 11.8. The Morgan fingerprint density at radius 1 is 0.895 bits per heavy atom. The Balaban J connectivity index is -0.000000242. The van der Waals surface area contributed by atoms with Crippen LogP contribution in [0.15, 0.2) is 0 Å². The monoisotopic (exact) mass is 535 g/mol. The van der Waals surface area contributed by atoms with Crippen LogP contribution in [0.5, 0.6) is 0 Å². The average molecular weight is 536 g/mol. The van der Waals surface area contributed by atoms with Gasteiger partial charge in [0.2, 0.25) is 0 Å². The number of nitrogens with two attached hydrogens (primary N) is 2. The molecule has 1 aliphatic rings. The van der Waals surface area contributed by atoms with Crippen molar-refractivity contribution in [2.45, 2.75) is 35.7 Å². The van der Waals surface area contributed by atoms with E-state index in [4.69, 9.17) is 63.4 Å². The molecule has 13 heteroatoms. The Hall–Kier alpha value is 1.23. The zero-order chi connectivity index (χ0) is 15.0. The first kappa shape index (κ1) is 25.2. The average Bonchev–Trinajstić information content (AvgIpc) is 2.08. The number of hydrogen-bond donors (Lipinski definition) is 2. The van der Waals surface area contributed by atoms with Crippen LogP contribution in [-0.4, -0.2) is 10.00 Å². The van der Waals surface area contributed by atoms with Crippen LogP contribution in [0.25, 0.3) is 0 Å². The molecule has 0 aromatic heterocycles. The summed E-state index contributed by atoms with van der Waals surface area (Å²) in [6.07, 6.45) is 3.44. The Morgan fingerprint density at radius 3 is 1.32 bits per heavy atom. The van der Waals surface area contributed by atoms with E-state index in [0.717, 1.165) is 12.8 Å². The third-order valence-corrected chi connectivity index (χ3v) is 3.09. The molecule has 0 spiro atoms. The quantitative estimate of drug-likeness (QED) is 0.204. The first-order valence-electron chi connectivity index (χ1n) is 4.51. The van der Waals surface area contributed by atoms with Crippen molar-refractivity contribution in [3.05, 3.63) is 0 Å². The molecule has 0 aromatic rings. The smallest absolute Gasteiger partial charge is 0.598 e. The van der Waals surface area contributed by atoms with E-state index in [0.29, 0.717) is 12.8 Å². The molecule has 4 N–H and O–H groups in total. The molecule has 1 fully saturated rings. The van der Waals surface area contributed by atoms with Gasteiger partial charge in [-0.15, -0.1) is 0 Å². The predicted molar refractivity (Wildman–Crippen MR) is 59.2 cm³/mol. The molecule has 114 valence electrons. The largest absolute Gasteiger partial charge is 4.00 e. The molecule has 0 aromatic carbocycles. The van der Waals surface area contributed by atoms with Gasteiger partial charge >= 0.3 is 21.1 Å². The maximum absolute atomic E-state index is 8.48. The minimum atomic E-state index is -3.37. The molecular formula is C6H12Cl2N2O6P2Pt+2. The van der Waals surface area contributed by atoms with Crippen LogP contribution in [-0.2, 0) is 30.2 Å². The van der Waals surface area contributed by atoms with Gasteiger partial charge in [-0.2, -0.15) is 0 Å². The van der Waals surface area contributed by atoms with Crippen LogP contribution < -0.4 is 31.0 Å². The summed E-state index contributed by atoms with van der Waals surface area (Å²) in [7, 11) is -6.74. The second kappa shape index (κ2) is 11.8. The van der Waals surface area contributed by atoms with E-state index in [2.05, 4.69) is 0 Å². The van der Waals surface area contributed by atoms with Gasteiger partial charge in [0.15, 0.2) is 0 Å². The SMILES string of the molecule is NC1(N)CCCCC1(Cl)Cl.O=[P+]([O-])[O-].O=[P+]([O-])[O-].[Pt+4]. The number of halogens is 2. The van der Waals surface area contributed by atoms with Crippen molar-refractivity contribution in [2.75, 3.05) is 0 Å². The minimum absolute atomic E-state index is 0. The molecule has 19 heavy (non-hydrogen) atoms. The van der Waals surface area contributed by atoms with E-state index in [1.54, 1.807) is 0 Å². The van der Waals surface area contributed by atoms with Crippen molar-refractivity contribution in [3.8, 4) is 0 Å². The Bertz CT molecular complexity index is 261. The first-order chi connectivity index (χ1) is 7.92. The summed E-state index contributed by atoms with van der Waals surface area (Å²) in [6.45, 7) is 0. The normalized spacial score (nSPS) is 18.5. The van der Waals surface area contributed by atoms with Crippen molar-refractivity contribution in [1.82, 2.24) is 0 Å². The summed E-state index contributed by atoms with van der Waals surface area (Å²) in [5.41, 5.74) is 10.4. The van der Waals surface area contributed by atoms with Gasteiger partial charge in [0.05, 0.1) is 5.66 Å². The maximum Gasteiger partial charge on any atom is 4.00 e. The van der Waals surface area contributed by atoms with Gasteiger partial charge in [-0.05, 0) is 12.8 Å². The first-order valence-corrected chi connectivity index (χ1v) is 7.45. The Kier molecular flexibility index (Phi) is 15.7. The van der Waals surface area contributed by atoms with E-state index in [1.807, 2.05) is 0 Å². The van der Waals surface area contributed by atoms with Gasteiger partial charge in [-0.1, -0.05) is 45.2 Å². The van der Waals surface area contributed by atoms with Crippen LogP contribution in [0.1, 0.15) is 25.7 Å². The fourth-order valence-corrected chi connectivity index (χ4v) is 1.64. The molecule has 0 radical (unpaired) electrons. The summed E-state index contributed by atoms with van der Waals surface area (Å²) in [5, 5.41) is 0. The van der Waals surface area contributed by atoms with Crippen LogP contribution in [0.4, 0.5) is 0 Å². The van der Waals surface area contributed by atoms with Gasteiger partial charge in [0.1, 0.15) is 4.33 Å². The standard InChI is InChI=1S/C6H12Cl2N2.2HO3P.Pt/c7-5(8)3-1-2-4-6(5,9)10;2*1-4(2)3;/h1-4,9-10H2;2*(H,1,2,3);/q;;;+4/p-2. The molecule has 0 bridgehead atoms. The van der Waals surface area contributed by atoms with Gasteiger partial charge in [-0.25, -0.2) is 0 Å². The molecule has 0 amide bonds. The molecule has 8 nitrogen and oxygen atoms in total. The molecule has 0 aliphatic heterocycles. The fraction of sp³-hybridized carbons (Fsp3) is 1.00. The van der Waals surface area contributed by atoms with Crippen LogP contribution in [0, 0.1) is 0 Å². The second-order valence-electron chi connectivity index (χ2n) is 3.40. The predicted octanol–water partition coefficient (Wildman–Crippen LogP) is -1.93. The number of hydrogen-bond acceptors (Lipinski definition) is 8. The van der Waals surface area contributed by atoms with E-state index in [1.165, 1.54) is 0 Å². The number of alkyl halides is 2. The number of rotatable bonds is 0. The maximum atomic E-state index is 8.48. The summed E-state index contributed by atoms with van der Waals surface area (Å²) in [6, 6.07) is 0. The minimum Gasteiger partial charge on any atom is -0.598 e. The zero-order valence-electron chi connectivity index (χ0n) is 9.40. The van der Waals surface area contributed by atoms with E-state index >= 15 is 0 Å². The van der Waals surface area contributed by atoms with Crippen LogP contribution in [0.2, 0.25) is 0 Å². The molecular weight excluding hydrogens is 524 g/mol. The van der Waals surface area contributed by atoms with Crippen molar-refractivity contribution in [2.24, 2.45) is 11.5 Å². The Labute approximate surface area is 136 Å². The topological polar surface area (TPSA) is 178 Å². The van der Waals surface area contributed by atoms with Crippen molar-refractivity contribution < 1.29 is 49.8 Å². The molecule has 1 saturated carbocycles. The molecule has 1 aliphatic carbocycles. The van der Waals surface area contributed by atoms with Gasteiger partial charge in [0.25, 0.3) is 16.5 Å². The third-order valence-electron chi connectivity index (χ3n) is 2.01. The zero-order valence-corrected chi connectivity index (χ0v) is 15.0. The van der Waals surface area contributed by atoms with Gasteiger partial charge in [0, 0.05) is 0 Å². The van der Waals surface area contributed by atoms with E-state index in [-0.39, 0.29) is 21.1 Å². The van der Waals surface area contributed by atoms with Gasteiger partial charge in [-0.3, -0.25) is 0 Å². The van der Waals surface area contributed by atoms with E-state index < -0.39 is 26.5 Å². The third kappa shape index (κ3) is 15.4. The van der Waals surface area contributed by atoms with E-state index in [9.17, 15) is 0 Å². The molecule has 0 saturated heterocycles. The van der Waals surface area contributed by atoms with Crippen molar-refractivity contribution in [3.63, 3.8) is 0 Å². The Morgan fingerprint density at radius 2 is 1.16 bits per heavy atom. The van der Waals surface area contributed by atoms with Crippen molar-refractivity contribution >= 4 is 39.7 Å². The molecule has 1 rings (SSSR count). The van der Waals surface area contributed by atoms with Crippen LogP contribution in [0.3, 0.4) is 0 Å². The van der Waals surface area contributed by atoms with Crippen molar-refractivity contribution in [1.29, 1.82) is 0 Å². The fourth-order valence-electron chi connectivity index (χ4n) is 1.18. The second-order valence-corrected chi connectivity index (χ2v) is 5.78. The molecule has 0 unspecified atom stereocenters. The van der Waals surface area contributed by atoms with Crippen LogP contribution >= 0.6 is 39.7 Å². The summed E-state index contributed by atoms with van der Waals surface area (Å²) in [4.78, 5) is 33.9.